The molecule has 0 radical (unpaired) electrons. The van der Waals surface area contributed by atoms with Gasteiger partial charge in [0.2, 0.25) is 0 Å². The van der Waals surface area contributed by atoms with Crippen molar-refractivity contribution in [1.29, 1.82) is 0 Å². The predicted octanol–water partition coefficient (Wildman–Crippen LogP) is 13.2. The standard InChI is InChI=1S/C54H30BNO4/c1-6-18-42(56-43-19-7-2-13-35(43)36-14-3-8-20-44(36)56)33(12-1)31-24-26-47-41(29-31)55-53-40(38-16-5-10-22-46(38)60-55)28-32(30-50(53)57-47)34-17-11-23-48-51(34)52-49(58-48)27-25-39-37-15-4-9-21-45(37)59-54(39)52/h1-30H. The summed E-state index contributed by atoms with van der Waals surface area (Å²) in [6.07, 6.45) is 0. The second-order valence-electron chi connectivity index (χ2n) is 15.9. The molecule has 0 N–H and O–H groups in total. The van der Waals surface area contributed by atoms with Crippen LogP contribution in [-0.2, 0) is 0 Å². The molecular weight excluding hydrogens is 737 g/mol. The minimum atomic E-state index is -0.372. The summed E-state index contributed by atoms with van der Waals surface area (Å²) >= 11 is 0. The van der Waals surface area contributed by atoms with Gasteiger partial charge in [0.15, 0.2) is 0 Å². The highest BCUT2D eigenvalue weighted by Gasteiger charge is 2.41. The van der Waals surface area contributed by atoms with E-state index >= 15 is 0 Å². The van der Waals surface area contributed by atoms with E-state index in [0.717, 1.165) is 111 Å². The number of para-hydroxylation sites is 5. The third-order valence-electron chi connectivity index (χ3n) is 12.7. The zero-order valence-electron chi connectivity index (χ0n) is 32.0. The highest BCUT2D eigenvalue weighted by molar-refractivity contribution is 6.84. The van der Waals surface area contributed by atoms with Crippen LogP contribution in [-0.4, -0.2) is 11.5 Å². The van der Waals surface area contributed by atoms with Crippen LogP contribution in [0.4, 0.5) is 0 Å². The highest BCUT2D eigenvalue weighted by Crippen LogP contribution is 2.47. The van der Waals surface area contributed by atoms with Gasteiger partial charge < -0.3 is 22.8 Å². The first-order valence-electron chi connectivity index (χ1n) is 20.3. The number of ether oxygens (including phenoxy) is 1. The maximum Gasteiger partial charge on any atom is 0.434 e. The average molecular weight is 768 g/mol. The summed E-state index contributed by atoms with van der Waals surface area (Å²) in [5, 5.41) is 6.62. The van der Waals surface area contributed by atoms with E-state index in [1.165, 1.54) is 21.8 Å². The lowest BCUT2D eigenvalue weighted by atomic mass is 9.50. The molecule has 6 heteroatoms. The molecule has 5 heterocycles. The number of aromatic nitrogens is 1. The molecule has 9 aromatic carbocycles. The lowest BCUT2D eigenvalue weighted by Crippen LogP contribution is -2.53. The van der Waals surface area contributed by atoms with Crippen LogP contribution in [0, 0.1) is 0 Å². The molecule has 2 aliphatic heterocycles. The van der Waals surface area contributed by atoms with Crippen LogP contribution in [0.2, 0.25) is 0 Å². The zero-order chi connectivity index (χ0) is 39.1. The van der Waals surface area contributed by atoms with E-state index in [4.69, 9.17) is 18.2 Å². The Morgan fingerprint density at radius 1 is 0.400 bits per heavy atom. The SMILES string of the molecule is c1ccc2c(c1)OB1c3cc(-c4ccccc4-n4c5ccccc5c5ccccc54)ccc3Oc3cc(-c4cccc5oc6ccc7c8ccccc8oc7c6c45)cc-2c31. The third-order valence-corrected chi connectivity index (χ3v) is 12.7. The van der Waals surface area contributed by atoms with Crippen LogP contribution in [0.15, 0.2) is 191 Å². The van der Waals surface area contributed by atoms with Crippen LogP contribution < -0.4 is 20.3 Å². The van der Waals surface area contributed by atoms with Gasteiger partial charge in [0, 0.05) is 49.0 Å². The summed E-state index contributed by atoms with van der Waals surface area (Å²) in [6.45, 7) is -0.372. The van der Waals surface area contributed by atoms with E-state index in [2.05, 4.69) is 162 Å². The molecule has 0 saturated heterocycles. The summed E-state index contributed by atoms with van der Waals surface area (Å²) in [5.41, 5.74) is 15.2. The Morgan fingerprint density at radius 3 is 1.97 bits per heavy atom. The largest absolute Gasteiger partial charge is 0.551 e. The predicted molar refractivity (Wildman–Crippen MR) is 244 cm³/mol. The molecule has 0 amide bonds. The maximum atomic E-state index is 7.00. The molecule has 0 spiro atoms. The van der Waals surface area contributed by atoms with Crippen LogP contribution in [0.1, 0.15) is 0 Å². The van der Waals surface area contributed by atoms with E-state index in [-0.39, 0.29) is 6.92 Å². The van der Waals surface area contributed by atoms with Gasteiger partial charge >= 0.3 is 6.92 Å². The van der Waals surface area contributed by atoms with Gasteiger partial charge in [-0.25, -0.2) is 0 Å². The fourth-order valence-corrected chi connectivity index (χ4v) is 10.1. The van der Waals surface area contributed by atoms with Crippen molar-refractivity contribution in [3.05, 3.63) is 182 Å². The molecule has 3 aromatic heterocycles. The van der Waals surface area contributed by atoms with Crippen molar-refractivity contribution < 1.29 is 18.2 Å². The second-order valence-corrected chi connectivity index (χ2v) is 15.9. The lowest BCUT2D eigenvalue weighted by Gasteiger charge is -2.33. The van der Waals surface area contributed by atoms with Gasteiger partial charge in [-0.3, -0.25) is 0 Å². The fraction of sp³-hybridized carbons (Fsp3) is 0. The van der Waals surface area contributed by atoms with Crippen molar-refractivity contribution >= 4 is 83.5 Å². The molecule has 5 nitrogen and oxygen atoms in total. The topological polar surface area (TPSA) is 49.7 Å². The Morgan fingerprint density at radius 2 is 1.10 bits per heavy atom. The monoisotopic (exact) mass is 767 g/mol. The molecule has 0 saturated carbocycles. The molecule has 2 aliphatic rings. The first kappa shape index (κ1) is 32.1. The molecular formula is C54H30BNO4. The minimum Gasteiger partial charge on any atom is -0.551 e. The molecule has 0 bridgehead atoms. The number of hydrogen-bond acceptors (Lipinski definition) is 4. The van der Waals surface area contributed by atoms with Crippen LogP contribution in [0.25, 0.3) is 105 Å². The molecule has 60 heavy (non-hydrogen) atoms. The van der Waals surface area contributed by atoms with Crippen molar-refractivity contribution in [3.63, 3.8) is 0 Å². The van der Waals surface area contributed by atoms with Gasteiger partial charge in [0.25, 0.3) is 0 Å². The normalized spacial score (nSPS) is 12.9. The van der Waals surface area contributed by atoms with Gasteiger partial charge in [0.05, 0.1) is 22.1 Å². The Kier molecular flexibility index (Phi) is 6.31. The zero-order valence-corrected chi connectivity index (χ0v) is 32.0. The van der Waals surface area contributed by atoms with Gasteiger partial charge in [-0.2, -0.15) is 0 Å². The summed E-state index contributed by atoms with van der Waals surface area (Å²) in [7, 11) is 0. The Balaban J connectivity index is 0.959. The first-order chi connectivity index (χ1) is 29.7. The number of rotatable bonds is 3. The van der Waals surface area contributed by atoms with E-state index in [0.29, 0.717) is 0 Å². The molecule has 12 aromatic rings. The van der Waals surface area contributed by atoms with Gasteiger partial charge in [-0.05, 0) is 89.0 Å². The number of fused-ring (bicyclic) bond motifs is 14. The van der Waals surface area contributed by atoms with Gasteiger partial charge in [-0.15, -0.1) is 0 Å². The molecule has 0 fully saturated rings. The number of benzene rings is 9. The smallest absolute Gasteiger partial charge is 0.434 e. The van der Waals surface area contributed by atoms with E-state index in [1.807, 2.05) is 24.3 Å². The molecule has 0 atom stereocenters. The van der Waals surface area contributed by atoms with Crippen molar-refractivity contribution in [1.82, 2.24) is 4.57 Å². The number of furan rings is 2. The van der Waals surface area contributed by atoms with Crippen molar-refractivity contribution in [2.75, 3.05) is 0 Å². The van der Waals surface area contributed by atoms with Crippen molar-refractivity contribution in [3.8, 4) is 56.3 Å². The Hall–Kier alpha value is -7.96. The quantitative estimate of drug-likeness (QED) is 0.168. The second kappa shape index (κ2) is 11.8. The number of nitrogens with zero attached hydrogens (tertiary/aromatic N) is 1. The van der Waals surface area contributed by atoms with E-state index in [9.17, 15) is 0 Å². The minimum absolute atomic E-state index is 0.372. The average Bonchev–Trinajstić information content (AvgIpc) is 3.98. The molecule has 278 valence electrons. The van der Waals surface area contributed by atoms with Crippen molar-refractivity contribution in [2.45, 2.75) is 0 Å². The summed E-state index contributed by atoms with van der Waals surface area (Å²) in [5.74, 6) is 2.41. The number of hydrogen-bond donors (Lipinski definition) is 0. The summed E-state index contributed by atoms with van der Waals surface area (Å²) < 4.78 is 29.5. The summed E-state index contributed by atoms with van der Waals surface area (Å²) in [6, 6.07) is 64.0. The summed E-state index contributed by atoms with van der Waals surface area (Å²) in [4.78, 5) is 0. The van der Waals surface area contributed by atoms with E-state index < -0.39 is 0 Å². The Labute approximate surface area is 343 Å². The molecule has 0 aliphatic carbocycles. The molecule has 14 rings (SSSR count). The van der Waals surface area contributed by atoms with Gasteiger partial charge in [-0.1, -0.05) is 115 Å². The van der Waals surface area contributed by atoms with Gasteiger partial charge in [0.1, 0.15) is 39.6 Å². The van der Waals surface area contributed by atoms with Crippen LogP contribution in [0.5, 0.6) is 17.2 Å². The van der Waals surface area contributed by atoms with Crippen LogP contribution >= 0.6 is 0 Å². The Bertz CT molecular complexity index is 3760. The van der Waals surface area contributed by atoms with Crippen LogP contribution in [0.3, 0.4) is 0 Å². The first-order valence-corrected chi connectivity index (χ1v) is 20.3. The fourth-order valence-electron chi connectivity index (χ4n) is 10.1. The maximum absolute atomic E-state index is 7.00. The van der Waals surface area contributed by atoms with E-state index in [1.54, 1.807) is 0 Å². The molecule has 0 unspecified atom stereocenters. The van der Waals surface area contributed by atoms with Crippen molar-refractivity contribution in [2.24, 2.45) is 0 Å². The third kappa shape index (κ3) is 4.31. The highest BCUT2D eigenvalue weighted by atomic mass is 16.5. The lowest BCUT2D eigenvalue weighted by molar-refractivity contribution is 0.479.